The summed E-state index contributed by atoms with van der Waals surface area (Å²) < 4.78 is 17.8. The van der Waals surface area contributed by atoms with Crippen LogP contribution in [-0.4, -0.2) is 24.8 Å². The molecule has 82 valence electrons. The lowest BCUT2D eigenvalue weighted by Crippen LogP contribution is -2.16. The number of ether oxygens (including phenoxy) is 1. The van der Waals surface area contributed by atoms with Crippen LogP contribution < -0.4 is 5.73 Å². The molecule has 0 saturated heterocycles. The third-order valence-corrected chi connectivity index (χ3v) is 2.02. The van der Waals surface area contributed by atoms with Gasteiger partial charge in [-0.1, -0.05) is 6.07 Å². The Hall–Kier alpha value is -1.46. The molecule has 0 bridgehead atoms. The molecule has 1 aromatic rings. The summed E-state index contributed by atoms with van der Waals surface area (Å²) in [5.41, 5.74) is 5.73. The molecule has 0 aliphatic carbocycles. The van der Waals surface area contributed by atoms with E-state index in [1.165, 1.54) is 19.2 Å². The number of hydrogen-bond acceptors (Lipinski definition) is 4. The first-order valence-corrected chi connectivity index (χ1v) is 4.34. The number of benzene rings is 1. The molecule has 3 N–H and O–H groups in total. The van der Waals surface area contributed by atoms with E-state index in [-0.39, 0.29) is 17.7 Å². The van der Waals surface area contributed by atoms with Gasteiger partial charge in [0, 0.05) is 5.56 Å². The maximum absolute atomic E-state index is 13.4. The van der Waals surface area contributed by atoms with Crippen molar-refractivity contribution in [1.29, 1.82) is 0 Å². The molecule has 0 amide bonds. The van der Waals surface area contributed by atoms with Crippen LogP contribution in [0.5, 0.6) is 0 Å². The molecule has 1 aromatic carbocycles. The SMILES string of the molecule is COC(=O)c1ccc(C(N)CO)c(F)c1. The van der Waals surface area contributed by atoms with Crippen LogP contribution >= 0.6 is 0 Å². The lowest BCUT2D eigenvalue weighted by molar-refractivity contribution is 0.0600. The first kappa shape index (κ1) is 11.6. The second kappa shape index (κ2) is 4.86. The lowest BCUT2D eigenvalue weighted by atomic mass is 10.1. The minimum Gasteiger partial charge on any atom is -0.465 e. The van der Waals surface area contributed by atoms with Gasteiger partial charge in [-0.05, 0) is 12.1 Å². The van der Waals surface area contributed by atoms with Gasteiger partial charge in [-0.3, -0.25) is 0 Å². The monoisotopic (exact) mass is 213 g/mol. The van der Waals surface area contributed by atoms with E-state index >= 15 is 0 Å². The number of aliphatic hydroxyl groups excluding tert-OH is 1. The molecule has 5 heteroatoms. The predicted molar refractivity (Wildman–Crippen MR) is 51.8 cm³/mol. The fourth-order valence-electron chi connectivity index (χ4n) is 1.17. The number of methoxy groups -OCH3 is 1. The standard InChI is InChI=1S/C10H12FNO3/c1-15-10(14)6-2-3-7(8(11)4-6)9(12)5-13/h2-4,9,13H,5,12H2,1H3. The summed E-state index contributed by atoms with van der Waals surface area (Å²) in [5, 5.41) is 8.75. The first-order chi connectivity index (χ1) is 7.10. The number of hydrogen-bond donors (Lipinski definition) is 2. The Labute approximate surface area is 86.5 Å². The molecule has 4 nitrogen and oxygen atoms in total. The van der Waals surface area contributed by atoms with Crippen molar-refractivity contribution in [1.82, 2.24) is 0 Å². The number of carbonyl (C=O) groups excluding carboxylic acids is 1. The molecule has 1 atom stereocenters. The van der Waals surface area contributed by atoms with Crippen molar-refractivity contribution in [3.05, 3.63) is 35.1 Å². The number of nitrogens with two attached hydrogens (primary N) is 1. The molecule has 0 fully saturated rings. The summed E-state index contributed by atoms with van der Waals surface area (Å²) in [7, 11) is 1.22. The highest BCUT2D eigenvalue weighted by molar-refractivity contribution is 5.89. The third-order valence-electron chi connectivity index (χ3n) is 2.02. The summed E-state index contributed by atoms with van der Waals surface area (Å²) in [5.74, 6) is -1.24. The van der Waals surface area contributed by atoms with Crippen molar-refractivity contribution in [2.75, 3.05) is 13.7 Å². The highest BCUT2D eigenvalue weighted by Gasteiger charge is 2.13. The maximum atomic E-state index is 13.4. The topological polar surface area (TPSA) is 72.5 Å². The van der Waals surface area contributed by atoms with E-state index < -0.39 is 17.8 Å². The molecule has 1 rings (SSSR count). The number of halogens is 1. The quantitative estimate of drug-likeness (QED) is 0.721. The zero-order chi connectivity index (χ0) is 11.4. The Kier molecular flexibility index (Phi) is 3.76. The van der Waals surface area contributed by atoms with Gasteiger partial charge in [-0.2, -0.15) is 0 Å². The van der Waals surface area contributed by atoms with Crippen LogP contribution in [0.25, 0.3) is 0 Å². The van der Waals surface area contributed by atoms with E-state index in [1.54, 1.807) is 0 Å². The number of aliphatic hydroxyl groups is 1. The van der Waals surface area contributed by atoms with Crippen molar-refractivity contribution < 1.29 is 19.0 Å². The minimum absolute atomic E-state index is 0.115. The predicted octanol–water partition coefficient (Wildman–Crippen LogP) is 0.604. The molecule has 0 aliphatic heterocycles. The van der Waals surface area contributed by atoms with Crippen LogP contribution in [0.1, 0.15) is 22.0 Å². The van der Waals surface area contributed by atoms with Crippen molar-refractivity contribution in [2.45, 2.75) is 6.04 Å². The van der Waals surface area contributed by atoms with Crippen LogP contribution in [0.4, 0.5) is 4.39 Å². The molecule has 0 radical (unpaired) electrons. The fourth-order valence-corrected chi connectivity index (χ4v) is 1.17. The molecular weight excluding hydrogens is 201 g/mol. The molecule has 0 aromatic heterocycles. The van der Waals surface area contributed by atoms with Gasteiger partial charge in [0.25, 0.3) is 0 Å². The second-order valence-corrected chi connectivity index (χ2v) is 3.02. The van der Waals surface area contributed by atoms with Crippen LogP contribution in [0, 0.1) is 5.82 Å². The van der Waals surface area contributed by atoms with E-state index in [2.05, 4.69) is 4.74 Å². The van der Waals surface area contributed by atoms with Crippen LogP contribution in [-0.2, 0) is 4.74 Å². The van der Waals surface area contributed by atoms with E-state index in [1.807, 2.05) is 0 Å². The summed E-state index contributed by atoms with van der Waals surface area (Å²) in [6, 6.07) is 3.02. The summed E-state index contributed by atoms with van der Waals surface area (Å²) >= 11 is 0. The van der Waals surface area contributed by atoms with Crippen LogP contribution in [0.15, 0.2) is 18.2 Å². The largest absolute Gasteiger partial charge is 0.465 e. The first-order valence-electron chi connectivity index (χ1n) is 4.34. The maximum Gasteiger partial charge on any atom is 0.337 e. The van der Waals surface area contributed by atoms with Crippen molar-refractivity contribution >= 4 is 5.97 Å². The number of carbonyl (C=O) groups is 1. The molecule has 0 saturated carbocycles. The van der Waals surface area contributed by atoms with Gasteiger partial charge in [-0.15, -0.1) is 0 Å². The summed E-state index contributed by atoms with van der Waals surface area (Å²) in [6.45, 7) is -0.353. The average molecular weight is 213 g/mol. The number of esters is 1. The van der Waals surface area contributed by atoms with Crippen molar-refractivity contribution in [3.8, 4) is 0 Å². The molecule has 15 heavy (non-hydrogen) atoms. The van der Waals surface area contributed by atoms with Gasteiger partial charge < -0.3 is 15.6 Å². The minimum atomic E-state index is -0.781. The average Bonchev–Trinajstić information content (AvgIpc) is 2.26. The van der Waals surface area contributed by atoms with E-state index in [4.69, 9.17) is 10.8 Å². The Morgan fingerprint density at radius 2 is 2.33 bits per heavy atom. The Morgan fingerprint density at radius 1 is 1.67 bits per heavy atom. The molecule has 1 unspecified atom stereocenters. The molecule has 0 spiro atoms. The van der Waals surface area contributed by atoms with Gasteiger partial charge in [-0.25, -0.2) is 9.18 Å². The normalized spacial score (nSPS) is 12.3. The van der Waals surface area contributed by atoms with Gasteiger partial charge >= 0.3 is 5.97 Å². The fraction of sp³-hybridized carbons (Fsp3) is 0.300. The second-order valence-electron chi connectivity index (χ2n) is 3.02. The molecular formula is C10H12FNO3. The van der Waals surface area contributed by atoms with E-state index in [9.17, 15) is 9.18 Å². The van der Waals surface area contributed by atoms with E-state index in [0.717, 1.165) is 6.07 Å². The summed E-state index contributed by atoms with van der Waals surface area (Å²) in [4.78, 5) is 11.0. The molecule has 0 aliphatic rings. The Bertz CT molecular complexity index is 368. The lowest BCUT2D eigenvalue weighted by Gasteiger charge is -2.10. The van der Waals surface area contributed by atoms with Crippen molar-refractivity contribution in [3.63, 3.8) is 0 Å². The third kappa shape index (κ3) is 2.51. The van der Waals surface area contributed by atoms with Crippen LogP contribution in [0.2, 0.25) is 0 Å². The highest BCUT2D eigenvalue weighted by Crippen LogP contribution is 2.16. The zero-order valence-electron chi connectivity index (χ0n) is 8.24. The van der Waals surface area contributed by atoms with Crippen LogP contribution in [0.3, 0.4) is 0 Å². The van der Waals surface area contributed by atoms with Crippen molar-refractivity contribution in [2.24, 2.45) is 5.73 Å². The smallest absolute Gasteiger partial charge is 0.337 e. The number of rotatable bonds is 3. The zero-order valence-corrected chi connectivity index (χ0v) is 8.24. The Balaban J connectivity index is 3.03. The van der Waals surface area contributed by atoms with Gasteiger partial charge in [0.1, 0.15) is 5.82 Å². The highest BCUT2D eigenvalue weighted by atomic mass is 19.1. The van der Waals surface area contributed by atoms with Gasteiger partial charge in [0.05, 0.1) is 25.3 Å². The molecule has 0 heterocycles. The van der Waals surface area contributed by atoms with Gasteiger partial charge in [0.15, 0.2) is 0 Å². The van der Waals surface area contributed by atoms with Gasteiger partial charge in [0.2, 0.25) is 0 Å². The summed E-state index contributed by atoms with van der Waals surface area (Å²) in [6.07, 6.45) is 0. The van der Waals surface area contributed by atoms with E-state index in [0.29, 0.717) is 0 Å². The Morgan fingerprint density at radius 3 is 2.80 bits per heavy atom.